The molecule has 0 aliphatic carbocycles. The molecule has 92 valence electrons. The molecule has 1 aromatic carbocycles. The number of nitrogens with one attached hydrogen (secondary N) is 1. The normalized spacial score (nSPS) is 13.2. The van der Waals surface area contributed by atoms with Crippen LogP contribution in [-0.4, -0.2) is 21.1 Å². The van der Waals surface area contributed by atoms with E-state index < -0.39 is 0 Å². The highest BCUT2D eigenvalue weighted by molar-refractivity contribution is 7.99. The average Bonchev–Trinajstić information content (AvgIpc) is 2.56. The first-order chi connectivity index (χ1) is 8.02. The molecule has 0 aliphatic rings. The van der Waals surface area contributed by atoms with Crippen molar-refractivity contribution in [2.24, 2.45) is 0 Å². The Morgan fingerprint density at radius 2 is 2.00 bits per heavy atom. The number of aromatic nitrogens is 2. The van der Waals surface area contributed by atoms with E-state index in [0.717, 1.165) is 16.8 Å². The highest BCUT2D eigenvalue weighted by atomic mass is 32.2. The molecule has 0 fully saturated rings. The minimum absolute atomic E-state index is 0.572. The first-order valence-electron chi connectivity index (χ1n) is 5.75. The van der Waals surface area contributed by atoms with E-state index in [1.807, 2.05) is 11.8 Å². The number of H-pyrrole nitrogens is 1. The molecule has 1 unspecified atom stereocenters. The summed E-state index contributed by atoms with van der Waals surface area (Å²) in [4.78, 5) is 3.29. The molecule has 1 heterocycles. The predicted molar refractivity (Wildman–Crippen MR) is 79.6 cm³/mol. The van der Waals surface area contributed by atoms with Gasteiger partial charge in [0.05, 0.1) is 11.0 Å². The van der Waals surface area contributed by atoms with Crippen LogP contribution in [0.1, 0.15) is 18.1 Å². The van der Waals surface area contributed by atoms with Crippen LogP contribution >= 0.6 is 24.0 Å². The van der Waals surface area contributed by atoms with E-state index in [1.165, 1.54) is 16.6 Å². The molecule has 2 aromatic rings. The summed E-state index contributed by atoms with van der Waals surface area (Å²) in [6.07, 6.45) is 2.14. The lowest BCUT2D eigenvalue weighted by molar-refractivity contribution is 0.702. The minimum Gasteiger partial charge on any atom is -0.331 e. The fourth-order valence-corrected chi connectivity index (χ4v) is 2.51. The maximum Gasteiger partial charge on any atom is 0.178 e. The lowest BCUT2D eigenvalue weighted by atomic mass is 10.1. The molecule has 0 bridgehead atoms. The van der Waals surface area contributed by atoms with E-state index in [4.69, 9.17) is 12.2 Å². The lowest BCUT2D eigenvalue weighted by Gasteiger charge is -2.10. The van der Waals surface area contributed by atoms with Gasteiger partial charge < -0.3 is 9.55 Å². The fourth-order valence-electron chi connectivity index (χ4n) is 1.93. The number of hydrogen-bond donors (Lipinski definition) is 1. The third-order valence-electron chi connectivity index (χ3n) is 3.23. The highest BCUT2D eigenvalue weighted by Gasteiger charge is 2.09. The van der Waals surface area contributed by atoms with Crippen LogP contribution in [0.2, 0.25) is 0 Å². The summed E-state index contributed by atoms with van der Waals surface area (Å²) in [7, 11) is 0. The van der Waals surface area contributed by atoms with Gasteiger partial charge in [0.25, 0.3) is 0 Å². The van der Waals surface area contributed by atoms with Gasteiger partial charge in [-0.05, 0) is 55.6 Å². The number of benzene rings is 1. The smallest absolute Gasteiger partial charge is 0.178 e. The molecule has 0 radical (unpaired) electrons. The van der Waals surface area contributed by atoms with E-state index in [9.17, 15) is 0 Å². The fraction of sp³-hybridized carbons (Fsp3) is 0.462. The van der Waals surface area contributed by atoms with Crippen LogP contribution in [-0.2, 0) is 6.54 Å². The van der Waals surface area contributed by atoms with Crippen molar-refractivity contribution < 1.29 is 0 Å². The first kappa shape index (κ1) is 12.7. The van der Waals surface area contributed by atoms with E-state index in [-0.39, 0.29) is 0 Å². The SMILES string of the molecule is CSC(C)Cn1c(=S)[nH]c2cc(C)c(C)cc21. The number of aryl methyl sites for hydroxylation is 2. The quantitative estimate of drug-likeness (QED) is 0.845. The lowest BCUT2D eigenvalue weighted by Crippen LogP contribution is -2.08. The Bertz CT molecular complexity index is 595. The van der Waals surface area contributed by atoms with Crippen molar-refractivity contribution in [1.29, 1.82) is 0 Å². The molecule has 0 saturated carbocycles. The van der Waals surface area contributed by atoms with Gasteiger partial charge in [-0.2, -0.15) is 11.8 Å². The van der Waals surface area contributed by atoms with Gasteiger partial charge in [-0.25, -0.2) is 0 Å². The standard InChI is InChI=1S/C13H18N2S2/c1-8-5-11-12(6-9(8)2)15(13(16)14-11)7-10(3)17-4/h5-6,10H,7H2,1-4H3,(H,14,16). The summed E-state index contributed by atoms with van der Waals surface area (Å²) >= 11 is 7.27. The van der Waals surface area contributed by atoms with E-state index in [1.54, 1.807) is 0 Å². The summed E-state index contributed by atoms with van der Waals surface area (Å²) in [6, 6.07) is 4.41. The second kappa shape index (κ2) is 4.86. The Labute approximate surface area is 111 Å². The monoisotopic (exact) mass is 266 g/mol. The Morgan fingerprint density at radius 3 is 2.65 bits per heavy atom. The zero-order chi connectivity index (χ0) is 12.6. The summed E-state index contributed by atoms with van der Waals surface area (Å²) in [5.41, 5.74) is 4.99. The molecule has 0 saturated heterocycles. The molecular formula is C13H18N2S2. The highest BCUT2D eigenvalue weighted by Crippen LogP contribution is 2.21. The summed E-state index contributed by atoms with van der Waals surface area (Å²) in [5.74, 6) is 0. The number of rotatable bonds is 3. The van der Waals surface area contributed by atoms with Crippen molar-refractivity contribution in [3.63, 3.8) is 0 Å². The van der Waals surface area contributed by atoms with Gasteiger partial charge in [-0.1, -0.05) is 6.92 Å². The van der Waals surface area contributed by atoms with Crippen molar-refractivity contribution in [2.45, 2.75) is 32.6 Å². The van der Waals surface area contributed by atoms with Gasteiger partial charge >= 0.3 is 0 Å². The Morgan fingerprint density at radius 1 is 1.35 bits per heavy atom. The molecule has 2 rings (SSSR count). The second-order valence-electron chi connectivity index (χ2n) is 4.54. The van der Waals surface area contributed by atoms with Gasteiger partial charge in [0.2, 0.25) is 0 Å². The van der Waals surface area contributed by atoms with E-state index in [0.29, 0.717) is 5.25 Å². The Balaban J connectivity index is 2.58. The number of aromatic amines is 1. The van der Waals surface area contributed by atoms with Gasteiger partial charge in [0.15, 0.2) is 4.77 Å². The summed E-state index contributed by atoms with van der Waals surface area (Å²) < 4.78 is 3.03. The molecule has 1 aromatic heterocycles. The molecular weight excluding hydrogens is 248 g/mol. The van der Waals surface area contributed by atoms with Crippen LogP contribution in [0.3, 0.4) is 0 Å². The maximum atomic E-state index is 5.40. The molecule has 17 heavy (non-hydrogen) atoms. The number of thioether (sulfide) groups is 1. The zero-order valence-corrected chi connectivity index (χ0v) is 12.3. The van der Waals surface area contributed by atoms with Gasteiger partial charge in [-0.3, -0.25) is 0 Å². The van der Waals surface area contributed by atoms with Crippen molar-refractivity contribution in [1.82, 2.24) is 9.55 Å². The molecule has 0 amide bonds. The van der Waals surface area contributed by atoms with Gasteiger partial charge in [-0.15, -0.1) is 0 Å². The summed E-state index contributed by atoms with van der Waals surface area (Å²) in [5, 5.41) is 0.572. The number of hydrogen-bond acceptors (Lipinski definition) is 2. The molecule has 2 nitrogen and oxygen atoms in total. The number of imidazole rings is 1. The van der Waals surface area contributed by atoms with Crippen molar-refractivity contribution >= 4 is 35.0 Å². The third kappa shape index (κ3) is 2.43. The predicted octanol–water partition coefficient (Wildman–Crippen LogP) is 4.07. The van der Waals surface area contributed by atoms with Crippen LogP contribution in [0.25, 0.3) is 11.0 Å². The Kier molecular flexibility index (Phi) is 3.64. The molecule has 1 N–H and O–H groups in total. The minimum atomic E-state index is 0.572. The van der Waals surface area contributed by atoms with Gasteiger partial charge in [0.1, 0.15) is 0 Å². The molecule has 1 atom stereocenters. The van der Waals surface area contributed by atoms with Crippen LogP contribution in [0.5, 0.6) is 0 Å². The molecule has 4 heteroatoms. The maximum absolute atomic E-state index is 5.40. The van der Waals surface area contributed by atoms with Crippen LogP contribution < -0.4 is 0 Å². The topological polar surface area (TPSA) is 20.7 Å². The number of fused-ring (bicyclic) bond motifs is 1. The summed E-state index contributed by atoms with van der Waals surface area (Å²) in [6.45, 7) is 7.47. The zero-order valence-electron chi connectivity index (χ0n) is 10.7. The second-order valence-corrected chi connectivity index (χ2v) is 6.20. The molecule has 0 aliphatic heterocycles. The van der Waals surface area contributed by atoms with E-state index >= 15 is 0 Å². The van der Waals surface area contributed by atoms with Crippen molar-refractivity contribution in [3.05, 3.63) is 28.0 Å². The van der Waals surface area contributed by atoms with Crippen LogP contribution in [0, 0.1) is 18.6 Å². The largest absolute Gasteiger partial charge is 0.331 e. The van der Waals surface area contributed by atoms with Crippen molar-refractivity contribution in [2.75, 3.05) is 6.26 Å². The molecule has 0 spiro atoms. The van der Waals surface area contributed by atoms with Crippen LogP contribution in [0.15, 0.2) is 12.1 Å². The van der Waals surface area contributed by atoms with Crippen LogP contribution in [0.4, 0.5) is 0 Å². The third-order valence-corrected chi connectivity index (χ3v) is 4.51. The first-order valence-corrected chi connectivity index (χ1v) is 7.45. The van der Waals surface area contributed by atoms with Gasteiger partial charge in [0, 0.05) is 11.8 Å². The Hall–Kier alpha value is -0.740. The average molecular weight is 266 g/mol. The number of nitrogens with zero attached hydrogens (tertiary/aromatic N) is 1. The van der Waals surface area contributed by atoms with Crippen molar-refractivity contribution in [3.8, 4) is 0 Å². The van der Waals surface area contributed by atoms with E-state index in [2.05, 4.69) is 48.7 Å².